The first-order valence-electron chi connectivity index (χ1n) is 11.7. The van der Waals surface area contributed by atoms with Gasteiger partial charge in [0.25, 0.3) is 0 Å². The van der Waals surface area contributed by atoms with Gasteiger partial charge in [-0.15, -0.1) is 17.7 Å². The van der Waals surface area contributed by atoms with Crippen LogP contribution in [-0.4, -0.2) is 79.0 Å². The Balaban J connectivity index is 1.54. The molecule has 5 atom stereocenters. The Hall–Kier alpha value is -3.50. The fourth-order valence-electron chi connectivity index (χ4n) is 4.63. The number of rotatable bonds is 7. The van der Waals surface area contributed by atoms with Gasteiger partial charge in [-0.3, -0.25) is 0 Å². The summed E-state index contributed by atoms with van der Waals surface area (Å²) in [6.45, 7) is -0.549. The van der Waals surface area contributed by atoms with E-state index in [0.717, 1.165) is 17.8 Å². The lowest BCUT2D eigenvalue weighted by Crippen LogP contribution is -2.53. The summed E-state index contributed by atoms with van der Waals surface area (Å²) in [5, 5.41) is 36.4. The zero-order chi connectivity index (χ0) is 27.8. The van der Waals surface area contributed by atoms with E-state index in [-0.39, 0.29) is 11.3 Å². The highest BCUT2D eigenvalue weighted by molar-refractivity contribution is 7.80. The molecule has 3 N–H and O–H groups in total. The molecule has 0 spiro atoms. The number of nitrogens with zero attached hydrogens (tertiary/aromatic N) is 6. The van der Waals surface area contributed by atoms with Crippen LogP contribution < -0.4 is 5.32 Å². The number of halogens is 3. The lowest BCUT2D eigenvalue weighted by molar-refractivity contribution is -0.217. The molecule has 2 aromatic carbocycles. The van der Waals surface area contributed by atoms with Crippen LogP contribution in [0.4, 0.5) is 18.9 Å². The maximum atomic E-state index is 13.8. The predicted octanol–water partition coefficient (Wildman–Crippen LogP) is 2.32. The Labute approximate surface area is 225 Å². The molecule has 1 aliphatic heterocycles. The molecule has 3 heterocycles. The van der Waals surface area contributed by atoms with Gasteiger partial charge in [0.1, 0.15) is 42.5 Å². The third-order valence-electron chi connectivity index (χ3n) is 6.56. The Morgan fingerprint density at radius 3 is 2.56 bits per heavy atom. The SMILES string of the molecule is CNc1ccc(-n2ncnc2[C@@H]2O[C@H](CO)[C@H](O)[C@H](n3cc(-c4cc(F)c(F)c(F)c4)nn3)[C@H]2OC)cc1S. The quantitative estimate of drug-likeness (QED) is 0.198. The predicted molar refractivity (Wildman–Crippen MR) is 134 cm³/mol. The minimum atomic E-state index is -1.60. The number of aromatic nitrogens is 6. The zero-order valence-electron chi connectivity index (χ0n) is 20.6. The van der Waals surface area contributed by atoms with Crippen molar-refractivity contribution in [3.8, 4) is 16.9 Å². The minimum absolute atomic E-state index is 0.0209. The average molecular weight is 564 g/mol. The molecular weight excluding hydrogens is 539 g/mol. The fraction of sp³-hybridized carbons (Fsp3) is 0.333. The van der Waals surface area contributed by atoms with Gasteiger partial charge in [0, 0.05) is 30.3 Å². The van der Waals surface area contributed by atoms with E-state index in [0.29, 0.717) is 16.4 Å². The maximum Gasteiger partial charge on any atom is 0.194 e. The molecule has 5 rings (SSSR count). The summed E-state index contributed by atoms with van der Waals surface area (Å²) in [7, 11) is 3.17. The van der Waals surface area contributed by atoms with Crippen LogP contribution in [-0.2, 0) is 9.47 Å². The van der Waals surface area contributed by atoms with E-state index in [1.807, 2.05) is 6.07 Å². The van der Waals surface area contributed by atoms with Crippen molar-refractivity contribution >= 4 is 18.3 Å². The number of hydrogen-bond acceptors (Lipinski definition) is 10. The molecule has 1 fully saturated rings. The molecule has 11 nitrogen and oxygen atoms in total. The summed E-state index contributed by atoms with van der Waals surface area (Å²) in [4.78, 5) is 5.03. The molecule has 2 aromatic heterocycles. The highest BCUT2D eigenvalue weighted by atomic mass is 32.1. The van der Waals surface area contributed by atoms with Crippen molar-refractivity contribution in [2.24, 2.45) is 0 Å². The van der Waals surface area contributed by atoms with Gasteiger partial charge in [0.2, 0.25) is 0 Å². The van der Waals surface area contributed by atoms with Crippen molar-refractivity contribution in [2.75, 3.05) is 26.1 Å². The van der Waals surface area contributed by atoms with Gasteiger partial charge in [0.15, 0.2) is 23.3 Å². The number of nitrogens with one attached hydrogen (secondary N) is 1. The highest BCUT2D eigenvalue weighted by Gasteiger charge is 2.49. The van der Waals surface area contributed by atoms with Crippen LogP contribution in [0.2, 0.25) is 0 Å². The van der Waals surface area contributed by atoms with Crippen LogP contribution in [0.3, 0.4) is 0 Å². The Kier molecular flexibility index (Phi) is 7.59. The van der Waals surface area contributed by atoms with Gasteiger partial charge >= 0.3 is 0 Å². The van der Waals surface area contributed by atoms with E-state index in [1.165, 1.54) is 29.0 Å². The Morgan fingerprint density at radius 1 is 1.18 bits per heavy atom. The smallest absolute Gasteiger partial charge is 0.194 e. The third kappa shape index (κ3) is 4.87. The van der Waals surface area contributed by atoms with Crippen molar-refractivity contribution in [3.63, 3.8) is 0 Å². The van der Waals surface area contributed by atoms with Gasteiger partial charge in [-0.25, -0.2) is 27.5 Å². The number of hydrogen-bond donors (Lipinski definition) is 4. The summed E-state index contributed by atoms with van der Waals surface area (Å²) in [5.41, 5.74) is 1.39. The lowest BCUT2D eigenvalue weighted by Gasteiger charge is -2.43. The van der Waals surface area contributed by atoms with Crippen LogP contribution in [0, 0.1) is 17.5 Å². The van der Waals surface area contributed by atoms with Crippen LogP contribution in [0.1, 0.15) is 18.0 Å². The van der Waals surface area contributed by atoms with E-state index < -0.39 is 54.5 Å². The minimum Gasteiger partial charge on any atom is -0.394 e. The first-order chi connectivity index (χ1) is 18.8. The molecule has 15 heteroatoms. The number of anilines is 1. The molecule has 0 radical (unpaired) electrons. The Bertz CT molecular complexity index is 1460. The van der Waals surface area contributed by atoms with Gasteiger partial charge in [-0.05, 0) is 30.3 Å². The van der Waals surface area contributed by atoms with E-state index in [4.69, 9.17) is 9.47 Å². The topological polar surface area (TPSA) is 132 Å². The van der Waals surface area contributed by atoms with E-state index in [1.54, 1.807) is 19.2 Å². The first kappa shape index (κ1) is 27.1. The second-order valence-corrected chi connectivity index (χ2v) is 9.26. The van der Waals surface area contributed by atoms with Crippen molar-refractivity contribution in [1.29, 1.82) is 0 Å². The second-order valence-electron chi connectivity index (χ2n) is 8.78. The van der Waals surface area contributed by atoms with Crippen molar-refractivity contribution in [3.05, 3.63) is 66.1 Å². The molecule has 1 saturated heterocycles. The molecule has 4 aromatic rings. The summed E-state index contributed by atoms with van der Waals surface area (Å²) in [6.07, 6.45) is -1.65. The maximum absolute atomic E-state index is 13.8. The number of thiol groups is 1. The van der Waals surface area contributed by atoms with Gasteiger partial charge in [-0.2, -0.15) is 5.10 Å². The van der Waals surface area contributed by atoms with Crippen molar-refractivity contribution in [1.82, 2.24) is 29.8 Å². The standard InChI is InChI=1S/C24H24F3N7O4S/c1-28-15-4-3-12(7-18(15)39)34-24(29-10-30-34)23-22(37-2)20(21(36)17(9-35)38-23)33-8-16(31-32-33)11-5-13(25)19(27)14(26)6-11/h3-8,10,17,20-23,28,35-36,39H,9H2,1-2H3/t17-,20+,21+,22-,23-/m1/s1. The third-order valence-corrected chi connectivity index (χ3v) is 6.93. The molecule has 206 valence electrons. The molecule has 0 unspecified atom stereocenters. The van der Waals surface area contributed by atoms with Crippen molar-refractivity contribution < 1.29 is 32.9 Å². The highest BCUT2D eigenvalue weighted by Crippen LogP contribution is 2.40. The summed E-state index contributed by atoms with van der Waals surface area (Å²) < 4.78 is 55.6. The molecule has 0 bridgehead atoms. The van der Waals surface area contributed by atoms with Crippen LogP contribution in [0.25, 0.3) is 16.9 Å². The van der Waals surface area contributed by atoms with Crippen LogP contribution in [0.15, 0.2) is 47.8 Å². The summed E-state index contributed by atoms with van der Waals surface area (Å²) in [5.74, 6) is -4.06. The Morgan fingerprint density at radius 2 is 1.92 bits per heavy atom. The largest absolute Gasteiger partial charge is 0.394 e. The van der Waals surface area contributed by atoms with E-state index in [9.17, 15) is 23.4 Å². The average Bonchev–Trinajstić information content (AvgIpc) is 3.61. The van der Waals surface area contributed by atoms with E-state index >= 15 is 0 Å². The number of aliphatic hydroxyl groups excluding tert-OH is 2. The number of benzene rings is 2. The normalized spacial score (nSPS) is 23.2. The molecule has 0 aliphatic carbocycles. The van der Waals surface area contributed by atoms with Gasteiger partial charge in [0.05, 0.1) is 18.5 Å². The number of ether oxygens (including phenoxy) is 2. The van der Waals surface area contributed by atoms with Crippen LogP contribution in [0.5, 0.6) is 0 Å². The van der Waals surface area contributed by atoms with Crippen LogP contribution >= 0.6 is 12.6 Å². The molecule has 39 heavy (non-hydrogen) atoms. The summed E-state index contributed by atoms with van der Waals surface area (Å²) in [6, 6.07) is 5.99. The molecule has 0 amide bonds. The number of aliphatic hydroxyl groups is 2. The molecular formula is C24H24F3N7O4S. The second kappa shape index (κ2) is 10.9. The fourth-order valence-corrected chi connectivity index (χ4v) is 4.95. The van der Waals surface area contributed by atoms with Crippen molar-refractivity contribution in [2.45, 2.75) is 35.4 Å². The van der Waals surface area contributed by atoms with E-state index in [2.05, 4.69) is 38.3 Å². The molecule has 1 aliphatic rings. The first-order valence-corrected chi connectivity index (χ1v) is 12.2. The lowest BCUT2D eigenvalue weighted by atomic mass is 9.92. The van der Waals surface area contributed by atoms with Gasteiger partial charge < -0.3 is 25.0 Å². The molecule has 0 saturated carbocycles. The number of methoxy groups -OCH3 is 1. The van der Waals surface area contributed by atoms with Gasteiger partial charge in [-0.1, -0.05) is 5.21 Å². The summed E-state index contributed by atoms with van der Waals surface area (Å²) >= 11 is 4.50. The monoisotopic (exact) mass is 563 g/mol. The zero-order valence-corrected chi connectivity index (χ0v) is 21.5.